The van der Waals surface area contributed by atoms with Gasteiger partial charge in [-0.3, -0.25) is 4.79 Å². The molecule has 1 aliphatic rings. The van der Waals surface area contributed by atoms with Crippen LogP contribution in [0.15, 0.2) is 35.5 Å². The summed E-state index contributed by atoms with van der Waals surface area (Å²) in [7, 11) is 3.88. The number of pyridine rings is 2. The Morgan fingerprint density at radius 3 is 2.50 bits per heavy atom. The lowest BCUT2D eigenvalue weighted by Crippen LogP contribution is -2.44. The number of likely N-dealkylation sites (N-methyl/N-ethyl adjacent to an activating group) is 1. The number of hydrogen-bond acceptors (Lipinski definition) is 8. The third-order valence-corrected chi connectivity index (χ3v) is 8.06. The van der Waals surface area contributed by atoms with E-state index in [0.29, 0.717) is 16.1 Å². The predicted octanol–water partition coefficient (Wildman–Crippen LogP) is 4.52. The first-order chi connectivity index (χ1) is 17.2. The van der Waals surface area contributed by atoms with Crippen LogP contribution in [0.2, 0.25) is 0 Å². The molecular weight excluding hydrogens is 477 g/mol. The summed E-state index contributed by atoms with van der Waals surface area (Å²) in [5, 5.41) is 3.72. The molecule has 1 aliphatic heterocycles. The second-order valence-electron chi connectivity index (χ2n) is 9.62. The number of anilines is 3. The van der Waals surface area contributed by atoms with Crippen molar-refractivity contribution in [3.63, 3.8) is 0 Å². The van der Waals surface area contributed by atoms with Gasteiger partial charge in [0.1, 0.15) is 11.5 Å². The second-order valence-corrected chi connectivity index (χ2v) is 10.6. The van der Waals surface area contributed by atoms with Crippen molar-refractivity contribution in [2.75, 3.05) is 43.4 Å². The molecule has 0 atom stereocenters. The molecule has 0 aromatic carbocycles. The van der Waals surface area contributed by atoms with Crippen LogP contribution in [0, 0.1) is 12.7 Å². The molecular formula is C26H30FN7OS. The summed E-state index contributed by atoms with van der Waals surface area (Å²) < 4.78 is 17.5. The van der Waals surface area contributed by atoms with E-state index in [9.17, 15) is 9.18 Å². The summed E-state index contributed by atoms with van der Waals surface area (Å²) in [5.74, 6) is 0.517. The van der Waals surface area contributed by atoms with Crippen molar-refractivity contribution in [1.29, 1.82) is 0 Å². The van der Waals surface area contributed by atoms with Crippen LogP contribution in [0.25, 0.3) is 20.7 Å². The van der Waals surface area contributed by atoms with E-state index in [2.05, 4.69) is 51.0 Å². The van der Waals surface area contributed by atoms with Gasteiger partial charge in [0.2, 0.25) is 5.95 Å². The van der Waals surface area contributed by atoms with Crippen molar-refractivity contribution in [2.45, 2.75) is 26.7 Å². The molecule has 1 saturated heterocycles. The number of fused-ring (bicyclic) bond motifs is 1. The van der Waals surface area contributed by atoms with Crippen LogP contribution < -0.4 is 15.8 Å². The Balaban J connectivity index is 1.46. The van der Waals surface area contributed by atoms with Crippen LogP contribution in [0.1, 0.15) is 30.9 Å². The highest BCUT2D eigenvalue weighted by molar-refractivity contribution is 7.22. The van der Waals surface area contributed by atoms with Gasteiger partial charge < -0.3 is 19.7 Å². The van der Waals surface area contributed by atoms with E-state index in [1.807, 2.05) is 31.5 Å². The fourth-order valence-corrected chi connectivity index (χ4v) is 5.97. The largest absolute Gasteiger partial charge is 0.368 e. The van der Waals surface area contributed by atoms with Gasteiger partial charge in [-0.1, -0.05) is 13.8 Å². The van der Waals surface area contributed by atoms with E-state index in [1.54, 1.807) is 11.6 Å². The molecule has 0 saturated carbocycles. The van der Waals surface area contributed by atoms with E-state index >= 15 is 0 Å². The second kappa shape index (κ2) is 9.59. The van der Waals surface area contributed by atoms with Gasteiger partial charge >= 0.3 is 0 Å². The number of halogens is 1. The number of nitrogens with zero attached hydrogens (tertiary/aromatic N) is 6. The molecule has 10 heteroatoms. The molecule has 188 valence electrons. The number of aromatic nitrogens is 4. The molecule has 8 nitrogen and oxygen atoms in total. The summed E-state index contributed by atoms with van der Waals surface area (Å²) >= 11 is 1.41. The topological polar surface area (TPSA) is 79.2 Å². The zero-order chi connectivity index (χ0) is 25.6. The zero-order valence-corrected chi connectivity index (χ0v) is 22.0. The number of aryl methyl sites for hydroxylation is 2. The molecule has 1 N–H and O–H groups in total. The van der Waals surface area contributed by atoms with Crippen LogP contribution >= 0.6 is 11.3 Å². The molecule has 0 radical (unpaired) electrons. The van der Waals surface area contributed by atoms with Crippen molar-refractivity contribution in [1.82, 2.24) is 24.4 Å². The third kappa shape index (κ3) is 4.46. The Hall–Kier alpha value is -3.37. The molecule has 0 aliphatic carbocycles. The first-order valence-electron chi connectivity index (χ1n) is 12.0. The molecule has 0 unspecified atom stereocenters. The quantitative estimate of drug-likeness (QED) is 0.426. The number of nitrogens with one attached hydrogen (secondary N) is 1. The van der Waals surface area contributed by atoms with Gasteiger partial charge in [0.15, 0.2) is 5.82 Å². The Bertz CT molecular complexity index is 1470. The van der Waals surface area contributed by atoms with E-state index in [-0.39, 0.29) is 23.1 Å². The maximum atomic E-state index is 15.0. The summed E-state index contributed by atoms with van der Waals surface area (Å²) in [6, 6.07) is 3.90. The molecule has 36 heavy (non-hydrogen) atoms. The average molecular weight is 508 g/mol. The molecule has 0 amide bonds. The fraction of sp³-hybridized carbons (Fsp3) is 0.385. The van der Waals surface area contributed by atoms with Crippen LogP contribution in [0.3, 0.4) is 0 Å². The Labute approximate surface area is 213 Å². The minimum absolute atomic E-state index is 0.0909. The minimum atomic E-state index is -0.531. The van der Waals surface area contributed by atoms with E-state index in [1.165, 1.54) is 11.3 Å². The number of rotatable bonds is 5. The highest BCUT2D eigenvalue weighted by Gasteiger charge is 2.22. The van der Waals surface area contributed by atoms with Crippen molar-refractivity contribution in [2.24, 2.45) is 7.05 Å². The fourth-order valence-electron chi connectivity index (χ4n) is 4.53. The minimum Gasteiger partial charge on any atom is -0.368 e. The molecule has 5 rings (SSSR count). The van der Waals surface area contributed by atoms with E-state index in [4.69, 9.17) is 0 Å². The Morgan fingerprint density at radius 1 is 1.08 bits per heavy atom. The molecule has 5 heterocycles. The molecule has 4 aromatic rings. The predicted molar refractivity (Wildman–Crippen MR) is 144 cm³/mol. The smallest absolute Gasteiger partial charge is 0.259 e. The summed E-state index contributed by atoms with van der Waals surface area (Å²) in [6.07, 6.45) is 4.86. The average Bonchev–Trinajstić information content (AvgIpc) is 3.20. The Kier molecular flexibility index (Phi) is 6.48. The molecule has 0 bridgehead atoms. The van der Waals surface area contributed by atoms with Gasteiger partial charge in [0.05, 0.1) is 28.3 Å². The van der Waals surface area contributed by atoms with Crippen molar-refractivity contribution in [3.8, 4) is 10.6 Å². The van der Waals surface area contributed by atoms with Crippen molar-refractivity contribution < 1.29 is 4.39 Å². The SMILES string of the molecule is Cc1c(-c2nc(Nc3ccc(N4CCN(C)CC4)cn3)ncc2F)sc2c(C(C)C)cn(C)c(=O)c12. The first-order valence-corrected chi connectivity index (χ1v) is 12.9. The van der Waals surface area contributed by atoms with Gasteiger partial charge in [-0.25, -0.2) is 19.3 Å². The number of hydrogen-bond donors (Lipinski definition) is 1. The highest BCUT2D eigenvalue weighted by Crippen LogP contribution is 2.40. The molecule has 1 fully saturated rings. The third-order valence-electron chi connectivity index (χ3n) is 6.71. The van der Waals surface area contributed by atoms with E-state index < -0.39 is 5.82 Å². The van der Waals surface area contributed by atoms with Crippen LogP contribution in [-0.4, -0.2) is 57.6 Å². The molecule has 0 spiro atoms. The lowest BCUT2D eigenvalue weighted by Gasteiger charge is -2.33. The standard InChI is InChI=1S/C26H30FN7OS/c1-15(2)18-14-33(5)25(35)21-16(3)23(36-24(18)21)22-19(27)13-29-26(31-22)30-20-7-6-17(12-28-20)34-10-8-32(4)9-11-34/h6-7,12-15H,8-11H2,1-5H3,(H,28,29,30,31). The van der Waals surface area contributed by atoms with Crippen LogP contribution in [0.5, 0.6) is 0 Å². The van der Waals surface area contributed by atoms with Crippen molar-refractivity contribution in [3.05, 3.63) is 58.0 Å². The summed E-state index contributed by atoms with van der Waals surface area (Å²) in [4.78, 5) is 31.3. The van der Waals surface area contributed by atoms with E-state index in [0.717, 1.165) is 53.9 Å². The van der Waals surface area contributed by atoms with Gasteiger partial charge in [-0.15, -0.1) is 11.3 Å². The molecule has 4 aromatic heterocycles. The highest BCUT2D eigenvalue weighted by atomic mass is 32.1. The maximum absolute atomic E-state index is 15.0. The lowest BCUT2D eigenvalue weighted by atomic mass is 10.0. The number of thiophene rings is 1. The maximum Gasteiger partial charge on any atom is 0.259 e. The normalized spacial score (nSPS) is 14.7. The van der Waals surface area contributed by atoms with Gasteiger partial charge in [0.25, 0.3) is 5.56 Å². The van der Waals surface area contributed by atoms with Crippen LogP contribution in [-0.2, 0) is 7.05 Å². The number of piperazine rings is 1. The summed E-state index contributed by atoms with van der Waals surface area (Å²) in [6.45, 7) is 10.00. The summed E-state index contributed by atoms with van der Waals surface area (Å²) in [5.41, 5.74) is 2.95. The van der Waals surface area contributed by atoms with Gasteiger partial charge in [-0.2, -0.15) is 0 Å². The lowest BCUT2D eigenvalue weighted by molar-refractivity contribution is 0.313. The van der Waals surface area contributed by atoms with Gasteiger partial charge in [-0.05, 0) is 43.1 Å². The monoisotopic (exact) mass is 507 g/mol. The Morgan fingerprint density at radius 2 is 1.83 bits per heavy atom. The first kappa shape index (κ1) is 24.3. The van der Waals surface area contributed by atoms with Crippen molar-refractivity contribution >= 4 is 38.9 Å². The van der Waals surface area contributed by atoms with Crippen LogP contribution in [0.4, 0.5) is 21.8 Å². The van der Waals surface area contributed by atoms with Gasteiger partial charge in [0, 0.05) is 44.1 Å². The zero-order valence-electron chi connectivity index (χ0n) is 21.2.